The smallest absolute Gasteiger partial charge is 0.413 e. The van der Waals surface area contributed by atoms with Crippen LogP contribution >= 0.6 is 0 Å². The Morgan fingerprint density at radius 3 is 2.46 bits per heavy atom. The van der Waals surface area contributed by atoms with E-state index in [4.69, 9.17) is 9.47 Å². The standard InChI is InChI=1S/C18H25NO5/c1-17(2,3)24-16(22)19-14(13(20)11-23-18(19,4)5)15(21)12-9-7-6-8-10-12/h6-10,14-15,21H,11H2,1-5H3/t14-,15+/m0/s1. The molecule has 0 bridgehead atoms. The Kier molecular flexibility index (Phi) is 5.01. The molecule has 1 aliphatic heterocycles. The van der Waals surface area contributed by atoms with E-state index in [1.807, 2.05) is 6.07 Å². The van der Waals surface area contributed by atoms with Crippen molar-refractivity contribution in [3.63, 3.8) is 0 Å². The molecular formula is C18H25NO5. The van der Waals surface area contributed by atoms with Crippen LogP contribution in [0.5, 0.6) is 0 Å². The summed E-state index contributed by atoms with van der Waals surface area (Å²) in [5.74, 6) is -0.364. The van der Waals surface area contributed by atoms with E-state index in [1.165, 1.54) is 4.90 Å². The highest BCUT2D eigenvalue weighted by Gasteiger charge is 2.49. The summed E-state index contributed by atoms with van der Waals surface area (Å²) in [6, 6.07) is 7.72. The van der Waals surface area contributed by atoms with Gasteiger partial charge in [-0.05, 0) is 40.2 Å². The third-order valence-electron chi connectivity index (χ3n) is 3.79. The largest absolute Gasteiger partial charge is 0.444 e. The molecule has 0 aromatic heterocycles. The predicted molar refractivity (Wildman–Crippen MR) is 88.3 cm³/mol. The maximum absolute atomic E-state index is 12.7. The number of ether oxygens (including phenoxy) is 2. The number of hydrogen-bond acceptors (Lipinski definition) is 5. The van der Waals surface area contributed by atoms with Crippen LogP contribution in [0.15, 0.2) is 30.3 Å². The number of Topliss-reactive ketones (excluding diaryl/α,β-unsaturated/α-hetero) is 1. The van der Waals surface area contributed by atoms with Gasteiger partial charge in [0.05, 0.1) is 0 Å². The first kappa shape index (κ1) is 18.4. The predicted octanol–water partition coefficient (Wildman–Crippen LogP) is 2.66. The van der Waals surface area contributed by atoms with Gasteiger partial charge in [0, 0.05) is 0 Å². The lowest BCUT2D eigenvalue weighted by atomic mass is 9.94. The zero-order valence-corrected chi connectivity index (χ0v) is 14.8. The van der Waals surface area contributed by atoms with Crippen LogP contribution in [-0.4, -0.2) is 45.9 Å². The monoisotopic (exact) mass is 335 g/mol. The van der Waals surface area contributed by atoms with Crippen LogP contribution in [0.3, 0.4) is 0 Å². The molecule has 132 valence electrons. The molecule has 6 nitrogen and oxygen atoms in total. The molecular weight excluding hydrogens is 310 g/mol. The average Bonchev–Trinajstić information content (AvgIpc) is 2.47. The highest BCUT2D eigenvalue weighted by atomic mass is 16.6. The SMILES string of the molecule is CC(C)(C)OC(=O)N1[C@H]([C@H](O)c2ccccc2)C(=O)COC1(C)C. The Balaban J connectivity index is 2.39. The van der Waals surface area contributed by atoms with Gasteiger partial charge in [-0.15, -0.1) is 0 Å². The molecule has 1 aromatic carbocycles. The fraction of sp³-hybridized carbons (Fsp3) is 0.556. The van der Waals surface area contributed by atoms with Crippen molar-refractivity contribution in [2.24, 2.45) is 0 Å². The van der Waals surface area contributed by atoms with Crippen molar-refractivity contribution in [1.82, 2.24) is 4.90 Å². The molecule has 0 unspecified atom stereocenters. The lowest BCUT2D eigenvalue weighted by Crippen LogP contribution is -2.64. The maximum Gasteiger partial charge on any atom is 0.413 e. The summed E-state index contributed by atoms with van der Waals surface area (Å²) in [6.07, 6.45) is -1.85. The first-order valence-corrected chi connectivity index (χ1v) is 7.95. The van der Waals surface area contributed by atoms with Crippen LogP contribution in [0.4, 0.5) is 4.79 Å². The van der Waals surface area contributed by atoms with Gasteiger partial charge < -0.3 is 14.6 Å². The van der Waals surface area contributed by atoms with Gasteiger partial charge >= 0.3 is 6.09 Å². The van der Waals surface area contributed by atoms with Crippen LogP contribution in [0.25, 0.3) is 0 Å². The number of carbonyl (C=O) groups excluding carboxylic acids is 2. The number of amides is 1. The van der Waals surface area contributed by atoms with E-state index in [-0.39, 0.29) is 12.4 Å². The fourth-order valence-corrected chi connectivity index (χ4v) is 2.68. The molecule has 1 aliphatic rings. The van der Waals surface area contributed by atoms with Crippen LogP contribution in [0.1, 0.15) is 46.3 Å². The van der Waals surface area contributed by atoms with E-state index in [0.717, 1.165) is 0 Å². The van der Waals surface area contributed by atoms with Crippen molar-refractivity contribution in [3.8, 4) is 0 Å². The maximum atomic E-state index is 12.7. The Hall–Kier alpha value is -1.92. The molecule has 1 heterocycles. The molecule has 0 radical (unpaired) electrons. The number of aliphatic hydroxyl groups is 1. The van der Waals surface area contributed by atoms with Gasteiger partial charge in [0.1, 0.15) is 30.1 Å². The first-order valence-electron chi connectivity index (χ1n) is 7.95. The molecule has 24 heavy (non-hydrogen) atoms. The van der Waals surface area contributed by atoms with E-state index in [0.29, 0.717) is 5.56 Å². The van der Waals surface area contributed by atoms with Gasteiger partial charge in [0.2, 0.25) is 0 Å². The van der Waals surface area contributed by atoms with E-state index >= 15 is 0 Å². The zero-order valence-electron chi connectivity index (χ0n) is 14.8. The van der Waals surface area contributed by atoms with Crippen molar-refractivity contribution in [2.45, 2.75) is 58.1 Å². The molecule has 6 heteroatoms. The van der Waals surface area contributed by atoms with Crippen LogP contribution in [-0.2, 0) is 14.3 Å². The third-order valence-corrected chi connectivity index (χ3v) is 3.79. The van der Waals surface area contributed by atoms with E-state index < -0.39 is 29.6 Å². The molecule has 2 atom stereocenters. The second-order valence-corrected chi connectivity index (χ2v) is 7.35. The number of ketones is 1. The highest BCUT2D eigenvalue weighted by Crippen LogP contribution is 2.33. The van der Waals surface area contributed by atoms with Crippen molar-refractivity contribution in [2.75, 3.05) is 6.61 Å². The molecule has 1 saturated heterocycles. The summed E-state index contributed by atoms with van der Waals surface area (Å²) in [5, 5.41) is 10.7. The molecule has 1 fully saturated rings. The Bertz CT molecular complexity index is 606. The number of nitrogens with zero attached hydrogens (tertiary/aromatic N) is 1. The van der Waals surface area contributed by atoms with Gasteiger partial charge in [-0.3, -0.25) is 9.69 Å². The van der Waals surface area contributed by atoms with Gasteiger partial charge in [-0.25, -0.2) is 4.79 Å². The fourth-order valence-electron chi connectivity index (χ4n) is 2.68. The molecule has 0 saturated carbocycles. The molecule has 0 spiro atoms. The van der Waals surface area contributed by atoms with Gasteiger partial charge in [-0.2, -0.15) is 0 Å². The summed E-state index contributed by atoms with van der Waals surface area (Å²) < 4.78 is 10.9. The van der Waals surface area contributed by atoms with E-state index in [9.17, 15) is 14.7 Å². The lowest BCUT2D eigenvalue weighted by Gasteiger charge is -2.47. The molecule has 1 aromatic rings. The lowest BCUT2D eigenvalue weighted by molar-refractivity contribution is -0.194. The Morgan fingerprint density at radius 2 is 1.92 bits per heavy atom. The van der Waals surface area contributed by atoms with Gasteiger partial charge in [-0.1, -0.05) is 30.3 Å². The minimum Gasteiger partial charge on any atom is -0.444 e. The first-order chi connectivity index (χ1) is 11.0. The highest BCUT2D eigenvalue weighted by molar-refractivity contribution is 5.90. The molecule has 1 amide bonds. The molecule has 0 aliphatic carbocycles. The van der Waals surface area contributed by atoms with Crippen molar-refractivity contribution in [1.29, 1.82) is 0 Å². The second kappa shape index (κ2) is 6.53. The second-order valence-electron chi connectivity index (χ2n) is 7.35. The van der Waals surface area contributed by atoms with Crippen LogP contribution in [0, 0.1) is 0 Å². The number of benzene rings is 1. The third kappa shape index (κ3) is 3.94. The van der Waals surface area contributed by atoms with Gasteiger partial charge in [0.25, 0.3) is 0 Å². The average molecular weight is 335 g/mol. The minimum absolute atomic E-state index is 0.166. The topological polar surface area (TPSA) is 76.1 Å². The number of aliphatic hydroxyl groups excluding tert-OH is 1. The van der Waals surface area contributed by atoms with Crippen molar-refractivity contribution >= 4 is 11.9 Å². The number of carbonyl (C=O) groups is 2. The Morgan fingerprint density at radius 1 is 1.33 bits per heavy atom. The zero-order chi connectivity index (χ0) is 18.1. The van der Waals surface area contributed by atoms with Crippen LogP contribution in [0.2, 0.25) is 0 Å². The quantitative estimate of drug-likeness (QED) is 0.899. The molecule has 2 rings (SSSR count). The van der Waals surface area contributed by atoms with Gasteiger partial charge in [0.15, 0.2) is 5.78 Å². The number of hydrogen-bond donors (Lipinski definition) is 1. The van der Waals surface area contributed by atoms with Crippen molar-refractivity contribution < 1.29 is 24.2 Å². The summed E-state index contributed by atoms with van der Waals surface area (Å²) in [5.41, 5.74) is -1.24. The minimum atomic E-state index is -1.16. The molecule has 1 N–H and O–H groups in total. The summed E-state index contributed by atoms with van der Waals surface area (Å²) in [7, 11) is 0. The normalized spacial score (nSPS) is 22.2. The summed E-state index contributed by atoms with van der Waals surface area (Å²) in [6.45, 7) is 8.41. The van der Waals surface area contributed by atoms with Crippen molar-refractivity contribution in [3.05, 3.63) is 35.9 Å². The van der Waals surface area contributed by atoms with E-state index in [2.05, 4.69) is 0 Å². The summed E-state index contributed by atoms with van der Waals surface area (Å²) in [4.78, 5) is 26.3. The van der Waals surface area contributed by atoms with E-state index in [1.54, 1.807) is 58.9 Å². The van der Waals surface area contributed by atoms with Crippen LogP contribution < -0.4 is 0 Å². The number of rotatable bonds is 2. The Labute approximate surface area is 142 Å². The summed E-state index contributed by atoms with van der Waals surface area (Å²) >= 11 is 0.